The van der Waals surface area contributed by atoms with Crippen molar-refractivity contribution in [2.24, 2.45) is 0 Å². The highest BCUT2D eigenvalue weighted by Gasteiger charge is 2.15. The SMILES string of the molecule is O=C(C=Cc1ccc2c(c1)OCO2)Oc1ccc2c(c1)OCO2. The molecule has 6 nitrogen and oxygen atoms in total. The van der Waals surface area contributed by atoms with Gasteiger partial charge in [-0.3, -0.25) is 0 Å². The van der Waals surface area contributed by atoms with Crippen LogP contribution in [0.1, 0.15) is 5.56 Å². The third kappa shape index (κ3) is 2.78. The first-order valence-corrected chi connectivity index (χ1v) is 6.97. The second kappa shape index (κ2) is 5.57. The molecule has 0 aliphatic carbocycles. The Kier molecular flexibility index (Phi) is 3.27. The van der Waals surface area contributed by atoms with E-state index in [2.05, 4.69) is 0 Å². The van der Waals surface area contributed by atoms with Gasteiger partial charge in [-0.15, -0.1) is 0 Å². The summed E-state index contributed by atoms with van der Waals surface area (Å²) in [4.78, 5) is 11.9. The Hall–Kier alpha value is -3.15. The van der Waals surface area contributed by atoms with E-state index in [0.717, 1.165) is 5.56 Å². The molecule has 0 saturated heterocycles. The van der Waals surface area contributed by atoms with Gasteiger partial charge in [0.05, 0.1) is 0 Å². The molecule has 0 fully saturated rings. The van der Waals surface area contributed by atoms with Crippen LogP contribution in [0.4, 0.5) is 0 Å². The number of ether oxygens (including phenoxy) is 5. The Morgan fingerprint density at radius 3 is 2.30 bits per heavy atom. The van der Waals surface area contributed by atoms with Crippen LogP contribution in [0, 0.1) is 0 Å². The van der Waals surface area contributed by atoms with E-state index in [4.69, 9.17) is 23.7 Å². The van der Waals surface area contributed by atoms with Gasteiger partial charge in [-0.1, -0.05) is 6.07 Å². The third-order valence-electron chi connectivity index (χ3n) is 3.37. The first-order chi connectivity index (χ1) is 11.3. The van der Waals surface area contributed by atoms with Gasteiger partial charge in [-0.05, 0) is 35.9 Å². The summed E-state index contributed by atoms with van der Waals surface area (Å²) in [6, 6.07) is 10.4. The van der Waals surface area contributed by atoms with Crippen molar-refractivity contribution in [1.29, 1.82) is 0 Å². The zero-order valence-electron chi connectivity index (χ0n) is 12.0. The molecule has 4 rings (SSSR count). The number of fused-ring (bicyclic) bond motifs is 2. The molecule has 2 aromatic carbocycles. The van der Waals surface area contributed by atoms with Crippen LogP contribution in [0.5, 0.6) is 28.7 Å². The van der Waals surface area contributed by atoms with Gasteiger partial charge in [-0.25, -0.2) is 4.79 Å². The highest BCUT2D eigenvalue weighted by Crippen LogP contribution is 2.35. The first-order valence-electron chi connectivity index (χ1n) is 6.97. The summed E-state index contributed by atoms with van der Waals surface area (Å²) >= 11 is 0. The minimum atomic E-state index is -0.485. The Morgan fingerprint density at radius 1 is 0.870 bits per heavy atom. The molecule has 116 valence electrons. The van der Waals surface area contributed by atoms with Crippen LogP contribution in [0.2, 0.25) is 0 Å². The number of esters is 1. The second-order valence-corrected chi connectivity index (χ2v) is 4.88. The van der Waals surface area contributed by atoms with E-state index in [-0.39, 0.29) is 13.6 Å². The van der Waals surface area contributed by atoms with Crippen molar-refractivity contribution in [3.63, 3.8) is 0 Å². The quantitative estimate of drug-likeness (QED) is 0.493. The first kappa shape index (κ1) is 13.5. The minimum Gasteiger partial charge on any atom is -0.454 e. The van der Waals surface area contributed by atoms with Gasteiger partial charge in [-0.2, -0.15) is 0 Å². The maximum absolute atomic E-state index is 11.9. The van der Waals surface area contributed by atoms with Crippen LogP contribution in [0.25, 0.3) is 6.08 Å². The number of benzene rings is 2. The number of hydrogen-bond donors (Lipinski definition) is 0. The molecule has 2 aromatic rings. The van der Waals surface area contributed by atoms with E-state index >= 15 is 0 Å². The molecule has 6 heteroatoms. The van der Waals surface area contributed by atoms with Crippen molar-refractivity contribution >= 4 is 12.0 Å². The molecule has 0 unspecified atom stereocenters. The van der Waals surface area contributed by atoms with Crippen LogP contribution < -0.4 is 23.7 Å². The Labute approximate surface area is 131 Å². The summed E-state index contributed by atoms with van der Waals surface area (Å²) in [7, 11) is 0. The summed E-state index contributed by atoms with van der Waals surface area (Å²) in [5.74, 6) is 2.48. The lowest BCUT2D eigenvalue weighted by molar-refractivity contribution is -0.128. The summed E-state index contributed by atoms with van der Waals surface area (Å²) in [6.45, 7) is 0.394. The Morgan fingerprint density at radius 2 is 1.52 bits per heavy atom. The number of hydrogen-bond acceptors (Lipinski definition) is 6. The molecule has 2 heterocycles. The molecule has 0 saturated carbocycles. The predicted molar refractivity (Wildman–Crippen MR) is 79.8 cm³/mol. The van der Waals surface area contributed by atoms with Crippen LogP contribution in [0.15, 0.2) is 42.5 Å². The van der Waals surface area contributed by atoms with E-state index in [1.165, 1.54) is 6.08 Å². The van der Waals surface area contributed by atoms with Gasteiger partial charge >= 0.3 is 5.97 Å². The molecule has 0 aromatic heterocycles. The molecule has 2 aliphatic rings. The van der Waals surface area contributed by atoms with E-state index in [1.54, 1.807) is 36.4 Å². The van der Waals surface area contributed by atoms with Crippen molar-refractivity contribution in [3.8, 4) is 28.7 Å². The lowest BCUT2D eigenvalue weighted by Crippen LogP contribution is -2.03. The van der Waals surface area contributed by atoms with Crippen LogP contribution in [-0.4, -0.2) is 19.6 Å². The topological polar surface area (TPSA) is 63.2 Å². The Bertz CT molecular complexity index is 796. The van der Waals surface area contributed by atoms with Crippen LogP contribution >= 0.6 is 0 Å². The maximum atomic E-state index is 11.9. The molecular weight excluding hydrogens is 300 g/mol. The fourth-order valence-electron chi connectivity index (χ4n) is 2.27. The number of carbonyl (C=O) groups excluding carboxylic acids is 1. The summed E-state index contributed by atoms with van der Waals surface area (Å²) in [6.07, 6.45) is 3.00. The molecule has 23 heavy (non-hydrogen) atoms. The largest absolute Gasteiger partial charge is 0.454 e. The maximum Gasteiger partial charge on any atom is 0.336 e. The summed E-state index contributed by atoms with van der Waals surface area (Å²) in [5.41, 5.74) is 0.817. The van der Waals surface area contributed by atoms with Crippen LogP contribution in [-0.2, 0) is 4.79 Å². The van der Waals surface area contributed by atoms with Gasteiger partial charge in [0.2, 0.25) is 13.6 Å². The van der Waals surface area contributed by atoms with Gasteiger partial charge in [0.25, 0.3) is 0 Å². The fourth-order valence-corrected chi connectivity index (χ4v) is 2.27. The molecule has 0 radical (unpaired) electrons. The van der Waals surface area contributed by atoms with Crippen molar-refractivity contribution in [3.05, 3.63) is 48.0 Å². The molecule has 0 spiro atoms. The molecule has 0 amide bonds. The van der Waals surface area contributed by atoms with Gasteiger partial charge in [0.15, 0.2) is 23.0 Å². The van der Waals surface area contributed by atoms with Crippen molar-refractivity contribution < 1.29 is 28.5 Å². The van der Waals surface area contributed by atoms with E-state index in [9.17, 15) is 4.79 Å². The van der Waals surface area contributed by atoms with Crippen molar-refractivity contribution in [2.75, 3.05) is 13.6 Å². The van der Waals surface area contributed by atoms with Crippen LogP contribution in [0.3, 0.4) is 0 Å². The molecule has 0 bridgehead atoms. The third-order valence-corrected chi connectivity index (χ3v) is 3.37. The summed E-state index contributed by atoms with van der Waals surface area (Å²) in [5, 5.41) is 0. The minimum absolute atomic E-state index is 0.177. The summed E-state index contributed by atoms with van der Waals surface area (Å²) < 4.78 is 26.2. The normalized spacial score (nSPS) is 14.3. The van der Waals surface area contributed by atoms with Gasteiger partial charge in [0.1, 0.15) is 5.75 Å². The lowest BCUT2D eigenvalue weighted by Gasteiger charge is -2.02. The van der Waals surface area contributed by atoms with E-state index in [1.807, 2.05) is 6.07 Å². The number of rotatable bonds is 3. The molecule has 0 N–H and O–H groups in total. The van der Waals surface area contributed by atoms with Crippen molar-refractivity contribution in [1.82, 2.24) is 0 Å². The molecule has 0 atom stereocenters. The van der Waals surface area contributed by atoms with Gasteiger partial charge in [0, 0.05) is 12.1 Å². The monoisotopic (exact) mass is 312 g/mol. The number of carbonyl (C=O) groups is 1. The second-order valence-electron chi connectivity index (χ2n) is 4.88. The van der Waals surface area contributed by atoms with E-state index in [0.29, 0.717) is 28.7 Å². The predicted octanol–water partition coefficient (Wildman–Crippen LogP) is 2.76. The highest BCUT2D eigenvalue weighted by molar-refractivity contribution is 5.89. The van der Waals surface area contributed by atoms with Crippen molar-refractivity contribution in [2.45, 2.75) is 0 Å². The standard InChI is InChI=1S/C17H12O6/c18-17(23-12-3-5-14-16(8-12)22-10-20-14)6-2-11-1-4-13-15(7-11)21-9-19-13/h1-8H,9-10H2. The zero-order valence-corrected chi connectivity index (χ0v) is 12.0. The smallest absolute Gasteiger partial charge is 0.336 e. The lowest BCUT2D eigenvalue weighted by atomic mass is 10.2. The zero-order chi connectivity index (χ0) is 15.6. The average Bonchev–Trinajstić information content (AvgIpc) is 3.20. The Balaban J connectivity index is 1.43. The highest BCUT2D eigenvalue weighted by atomic mass is 16.7. The van der Waals surface area contributed by atoms with E-state index < -0.39 is 5.97 Å². The van der Waals surface area contributed by atoms with Gasteiger partial charge < -0.3 is 23.7 Å². The average molecular weight is 312 g/mol. The molecular formula is C17H12O6. The molecule has 2 aliphatic heterocycles. The fraction of sp³-hybridized carbons (Fsp3) is 0.118.